The maximum Gasteiger partial charge on any atom is 0.345 e. The quantitative estimate of drug-likeness (QED) is 0.595. The van der Waals surface area contributed by atoms with Gasteiger partial charge >= 0.3 is 12.6 Å². The second kappa shape index (κ2) is 10.4. The molecule has 1 atom stereocenters. The van der Waals surface area contributed by atoms with E-state index in [-0.39, 0.29) is 41.4 Å². The van der Waals surface area contributed by atoms with Gasteiger partial charge in [-0.3, -0.25) is 4.79 Å². The van der Waals surface area contributed by atoms with Gasteiger partial charge in [-0.15, -0.1) is 0 Å². The standard InChI is InChI=1S/C19H21F2N3O6/c1-10(2)29-15-6-13(7-16(24-15)30-11(3)9-28-19(20)21)17(25)23-14-5-4-12(8-22-14)18(26)27/h4-8,10-11,19H,9H2,1-3H3,(H,26,27)(H,22,23,25). The number of hydrogen-bond donors (Lipinski definition) is 2. The molecular formula is C19H21F2N3O6. The monoisotopic (exact) mass is 425 g/mol. The Hall–Kier alpha value is -3.34. The summed E-state index contributed by atoms with van der Waals surface area (Å²) in [5, 5.41) is 11.4. The highest BCUT2D eigenvalue weighted by atomic mass is 19.3. The summed E-state index contributed by atoms with van der Waals surface area (Å²) >= 11 is 0. The van der Waals surface area contributed by atoms with Gasteiger partial charge < -0.3 is 24.6 Å². The Labute approximate surface area is 171 Å². The summed E-state index contributed by atoms with van der Waals surface area (Å²) in [6.45, 7) is 1.73. The van der Waals surface area contributed by atoms with E-state index in [0.717, 1.165) is 6.20 Å². The Bertz CT molecular complexity index is 877. The molecule has 11 heteroatoms. The summed E-state index contributed by atoms with van der Waals surface area (Å²) in [5.41, 5.74) is 0.0851. The van der Waals surface area contributed by atoms with Gasteiger partial charge in [0.05, 0.1) is 23.8 Å². The van der Waals surface area contributed by atoms with Crippen LogP contribution in [0.4, 0.5) is 14.6 Å². The van der Waals surface area contributed by atoms with Crippen molar-refractivity contribution in [3.63, 3.8) is 0 Å². The van der Waals surface area contributed by atoms with Crippen LogP contribution in [0.15, 0.2) is 30.5 Å². The number of anilines is 1. The van der Waals surface area contributed by atoms with Crippen LogP contribution < -0.4 is 14.8 Å². The molecule has 0 aromatic carbocycles. The number of amides is 1. The van der Waals surface area contributed by atoms with Crippen molar-refractivity contribution < 1.29 is 37.7 Å². The summed E-state index contributed by atoms with van der Waals surface area (Å²) in [4.78, 5) is 31.5. The number of carboxylic acids is 1. The first-order valence-corrected chi connectivity index (χ1v) is 8.90. The van der Waals surface area contributed by atoms with E-state index in [9.17, 15) is 18.4 Å². The molecule has 2 heterocycles. The van der Waals surface area contributed by atoms with E-state index in [1.54, 1.807) is 13.8 Å². The number of carboxylic acid groups (broad SMARTS) is 1. The molecule has 0 saturated heterocycles. The topological polar surface area (TPSA) is 120 Å². The normalized spacial score (nSPS) is 12.0. The third-order valence-electron chi connectivity index (χ3n) is 3.43. The van der Waals surface area contributed by atoms with Crippen molar-refractivity contribution in [3.05, 3.63) is 41.6 Å². The SMILES string of the molecule is CC(C)Oc1cc(C(=O)Nc2ccc(C(=O)O)cn2)cc(OC(C)COC(F)F)n1. The van der Waals surface area contributed by atoms with E-state index in [1.807, 2.05) is 0 Å². The Morgan fingerprint density at radius 1 is 1.10 bits per heavy atom. The van der Waals surface area contributed by atoms with Crippen molar-refractivity contribution in [1.29, 1.82) is 0 Å². The van der Waals surface area contributed by atoms with E-state index in [2.05, 4.69) is 20.0 Å². The highest BCUT2D eigenvalue weighted by Crippen LogP contribution is 2.21. The zero-order valence-corrected chi connectivity index (χ0v) is 16.5. The number of aromatic carboxylic acids is 1. The Morgan fingerprint density at radius 3 is 2.30 bits per heavy atom. The average molecular weight is 425 g/mol. The van der Waals surface area contributed by atoms with Crippen LogP contribution in [0.3, 0.4) is 0 Å². The zero-order chi connectivity index (χ0) is 22.3. The van der Waals surface area contributed by atoms with Crippen LogP contribution in [0, 0.1) is 0 Å². The fourth-order valence-electron chi connectivity index (χ4n) is 2.21. The number of alkyl halides is 2. The van der Waals surface area contributed by atoms with Gasteiger partial charge in [0.1, 0.15) is 11.9 Å². The number of nitrogens with one attached hydrogen (secondary N) is 1. The van der Waals surface area contributed by atoms with Crippen LogP contribution in [0.2, 0.25) is 0 Å². The van der Waals surface area contributed by atoms with Crippen LogP contribution in [0.5, 0.6) is 11.8 Å². The van der Waals surface area contributed by atoms with E-state index in [1.165, 1.54) is 31.2 Å². The molecule has 0 bridgehead atoms. The van der Waals surface area contributed by atoms with Crippen molar-refractivity contribution in [2.24, 2.45) is 0 Å². The van der Waals surface area contributed by atoms with Crippen LogP contribution in [-0.4, -0.2) is 52.4 Å². The van der Waals surface area contributed by atoms with Gasteiger partial charge in [-0.1, -0.05) is 0 Å². The molecule has 2 aromatic rings. The molecule has 1 unspecified atom stereocenters. The lowest BCUT2D eigenvalue weighted by molar-refractivity contribution is -0.143. The highest BCUT2D eigenvalue weighted by molar-refractivity contribution is 6.04. The summed E-state index contributed by atoms with van der Waals surface area (Å²) in [7, 11) is 0. The van der Waals surface area contributed by atoms with E-state index in [4.69, 9.17) is 14.6 Å². The van der Waals surface area contributed by atoms with Crippen LogP contribution >= 0.6 is 0 Å². The lowest BCUT2D eigenvalue weighted by Crippen LogP contribution is -2.22. The van der Waals surface area contributed by atoms with Crippen LogP contribution in [0.25, 0.3) is 0 Å². The Balaban J connectivity index is 2.19. The molecule has 0 spiro atoms. The second-order valence-electron chi connectivity index (χ2n) is 6.41. The molecule has 1 amide bonds. The van der Waals surface area contributed by atoms with Crippen molar-refractivity contribution in [1.82, 2.24) is 9.97 Å². The number of halogens is 2. The number of ether oxygens (including phenoxy) is 3. The number of hydrogen-bond acceptors (Lipinski definition) is 7. The average Bonchev–Trinajstić information content (AvgIpc) is 2.66. The Morgan fingerprint density at radius 2 is 1.77 bits per heavy atom. The molecular weight excluding hydrogens is 404 g/mol. The van der Waals surface area contributed by atoms with Gasteiger partial charge in [0, 0.05) is 18.3 Å². The summed E-state index contributed by atoms with van der Waals surface area (Å²) in [5.74, 6) is -1.50. The summed E-state index contributed by atoms with van der Waals surface area (Å²) in [6.07, 6.45) is 0.104. The molecule has 0 aliphatic heterocycles. The molecule has 0 aliphatic carbocycles. The van der Waals surface area contributed by atoms with Gasteiger partial charge in [0.15, 0.2) is 0 Å². The smallest absolute Gasteiger partial charge is 0.345 e. The van der Waals surface area contributed by atoms with Crippen molar-refractivity contribution in [3.8, 4) is 11.8 Å². The molecule has 0 fully saturated rings. The van der Waals surface area contributed by atoms with Gasteiger partial charge in [-0.05, 0) is 32.9 Å². The predicted octanol–water partition coefficient (Wildman–Crippen LogP) is 3.22. The number of aromatic nitrogens is 2. The Kier molecular flexibility index (Phi) is 7.98. The number of nitrogens with zero attached hydrogens (tertiary/aromatic N) is 2. The molecule has 162 valence electrons. The molecule has 0 aliphatic rings. The lowest BCUT2D eigenvalue weighted by Gasteiger charge is -2.16. The maximum absolute atomic E-state index is 12.6. The van der Waals surface area contributed by atoms with Crippen molar-refractivity contribution in [2.75, 3.05) is 11.9 Å². The summed E-state index contributed by atoms with van der Waals surface area (Å²) < 4.78 is 39.5. The number of pyridine rings is 2. The van der Waals surface area contributed by atoms with Crippen LogP contribution in [0.1, 0.15) is 41.5 Å². The molecule has 2 rings (SSSR count). The minimum atomic E-state index is -2.93. The number of carbonyl (C=O) groups is 2. The second-order valence-corrected chi connectivity index (χ2v) is 6.41. The third-order valence-corrected chi connectivity index (χ3v) is 3.43. The van der Waals surface area contributed by atoms with Crippen molar-refractivity contribution in [2.45, 2.75) is 39.6 Å². The van der Waals surface area contributed by atoms with Crippen LogP contribution in [-0.2, 0) is 4.74 Å². The molecule has 30 heavy (non-hydrogen) atoms. The third kappa shape index (κ3) is 7.24. The highest BCUT2D eigenvalue weighted by Gasteiger charge is 2.16. The molecule has 9 nitrogen and oxygen atoms in total. The van der Waals surface area contributed by atoms with E-state index < -0.39 is 24.6 Å². The number of rotatable bonds is 10. The predicted molar refractivity (Wildman–Crippen MR) is 101 cm³/mol. The number of carbonyl (C=O) groups excluding carboxylic acids is 1. The first-order valence-electron chi connectivity index (χ1n) is 8.90. The van der Waals surface area contributed by atoms with Gasteiger partial charge in [-0.2, -0.15) is 13.8 Å². The van der Waals surface area contributed by atoms with Gasteiger partial charge in [0.25, 0.3) is 5.91 Å². The molecule has 2 N–H and O–H groups in total. The van der Waals surface area contributed by atoms with Gasteiger partial charge in [0.2, 0.25) is 11.8 Å². The fourth-order valence-corrected chi connectivity index (χ4v) is 2.21. The first kappa shape index (κ1) is 22.9. The lowest BCUT2D eigenvalue weighted by atomic mass is 10.2. The summed E-state index contributed by atoms with van der Waals surface area (Å²) in [6, 6.07) is 5.33. The van der Waals surface area contributed by atoms with E-state index >= 15 is 0 Å². The molecule has 0 saturated carbocycles. The fraction of sp³-hybridized carbons (Fsp3) is 0.368. The first-order chi connectivity index (χ1) is 14.1. The maximum atomic E-state index is 12.6. The zero-order valence-electron chi connectivity index (χ0n) is 16.5. The molecule has 0 radical (unpaired) electrons. The van der Waals surface area contributed by atoms with Gasteiger partial charge in [-0.25, -0.2) is 9.78 Å². The molecule has 2 aromatic heterocycles. The largest absolute Gasteiger partial charge is 0.478 e. The van der Waals surface area contributed by atoms with E-state index in [0.29, 0.717) is 0 Å². The minimum absolute atomic E-state index is 0.0159. The minimum Gasteiger partial charge on any atom is -0.478 e. The van der Waals surface area contributed by atoms with Crippen molar-refractivity contribution >= 4 is 17.7 Å².